The van der Waals surface area contributed by atoms with Crippen LogP contribution in [0.3, 0.4) is 0 Å². The first-order valence-corrected chi connectivity index (χ1v) is 9.17. The van der Waals surface area contributed by atoms with Crippen LogP contribution in [0.15, 0.2) is 24.3 Å². The number of carbonyl (C=O) groups excluding carboxylic acids is 1. The average molecular weight is 334 g/mol. The van der Waals surface area contributed by atoms with Crippen molar-refractivity contribution in [1.82, 2.24) is 4.90 Å². The first-order valence-electron chi connectivity index (χ1n) is 9.17. The fourth-order valence-corrected chi connectivity index (χ4v) is 2.78. The lowest BCUT2D eigenvalue weighted by Crippen LogP contribution is -2.26. The molecule has 1 aromatic carbocycles. The molecule has 1 N–H and O–H groups in total. The predicted octanol–water partition coefficient (Wildman–Crippen LogP) is 4.29. The summed E-state index contributed by atoms with van der Waals surface area (Å²) >= 11 is 0. The molecule has 1 aliphatic heterocycles. The summed E-state index contributed by atoms with van der Waals surface area (Å²) in [6.45, 7) is 6.42. The Labute approximate surface area is 145 Å². The number of hydrogen-bond acceptors (Lipinski definition) is 4. The zero-order chi connectivity index (χ0) is 17.0. The van der Waals surface area contributed by atoms with Gasteiger partial charge in [0.05, 0.1) is 6.61 Å². The lowest BCUT2D eigenvalue weighted by atomic mass is 10.2. The molecule has 2 rings (SSSR count). The van der Waals surface area contributed by atoms with Crippen LogP contribution in [-0.2, 0) is 4.74 Å². The Morgan fingerprint density at radius 2 is 1.83 bits per heavy atom. The summed E-state index contributed by atoms with van der Waals surface area (Å²) in [6, 6.07) is 7.42. The van der Waals surface area contributed by atoms with Crippen molar-refractivity contribution >= 4 is 11.8 Å². The normalized spacial score (nSPS) is 14.5. The molecule has 5 nitrogen and oxygen atoms in total. The highest BCUT2D eigenvalue weighted by atomic mass is 16.5. The Hall–Kier alpha value is -1.75. The molecule has 0 aliphatic carbocycles. The molecule has 5 heteroatoms. The Bertz CT molecular complexity index is 470. The molecule has 0 aromatic heterocycles. The smallest absolute Gasteiger partial charge is 0.411 e. The molecule has 24 heavy (non-hydrogen) atoms. The van der Waals surface area contributed by atoms with Crippen LogP contribution in [0.4, 0.5) is 10.5 Å². The van der Waals surface area contributed by atoms with Gasteiger partial charge >= 0.3 is 6.09 Å². The van der Waals surface area contributed by atoms with Gasteiger partial charge in [-0.25, -0.2) is 4.79 Å². The molecule has 0 atom stereocenters. The molecular formula is C19H30N2O3. The van der Waals surface area contributed by atoms with E-state index in [-0.39, 0.29) is 0 Å². The maximum Gasteiger partial charge on any atom is 0.411 e. The molecule has 1 aliphatic rings. The van der Waals surface area contributed by atoms with Gasteiger partial charge in [-0.05, 0) is 56.6 Å². The van der Waals surface area contributed by atoms with Crippen LogP contribution in [-0.4, -0.2) is 43.8 Å². The van der Waals surface area contributed by atoms with E-state index in [0.717, 1.165) is 44.1 Å². The van der Waals surface area contributed by atoms with Gasteiger partial charge in [-0.1, -0.05) is 26.2 Å². The van der Waals surface area contributed by atoms with Crippen molar-refractivity contribution in [1.29, 1.82) is 0 Å². The number of ether oxygens (including phenoxy) is 2. The van der Waals surface area contributed by atoms with Crippen molar-refractivity contribution in [3.8, 4) is 5.75 Å². The fraction of sp³-hybridized carbons (Fsp3) is 0.632. The Morgan fingerprint density at radius 3 is 2.54 bits per heavy atom. The van der Waals surface area contributed by atoms with E-state index in [1.165, 1.54) is 32.1 Å². The van der Waals surface area contributed by atoms with E-state index in [1.807, 2.05) is 24.3 Å². The number of carbonyl (C=O) groups is 1. The number of unbranched alkanes of at least 4 members (excludes halogenated alkanes) is 3. The molecule has 1 amide bonds. The van der Waals surface area contributed by atoms with Gasteiger partial charge in [0.2, 0.25) is 0 Å². The summed E-state index contributed by atoms with van der Waals surface area (Å²) in [6.07, 6.45) is 6.87. The second kappa shape index (κ2) is 10.9. The number of nitrogens with one attached hydrogen (secondary N) is 1. The minimum atomic E-state index is -0.401. The monoisotopic (exact) mass is 334 g/mol. The number of amides is 1. The van der Waals surface area contributed by atoms with Gasteiger partial charge in [-0.3, -0.25) is 10.2 Å². The van der Waals surface area contributed by atoms with Crippen molar-refractivity contribution < 1.29 is 14.3 Å². The van der Waals surface area contributed by atoms with Crippen LogP contribution in [0, 0.1) is 0 Å². The summed E-state index contributed by atoms with van der Waals surface area (Å²) in [5.74, 6) is 0.833. The summed E-state index contributed by atoms with van der Waals surface area (Å²) in [5.41, 5.74) is 0.722. The lowest BCUT2D eigenvalue weighted by Gasteiger charge is -2.14. The van der Waals surface area contributed by atoms with Gasteiger partial charge in [-0.15, -0.1) is 0 Å². The first kappa shape index (κ1) is 18.6. The molecular weight excluding hydrogens is 304 g/mol. The Morgan fingerprint density at radius 1 is 1.08 bits per heavy atom. The standard InChI is InChI=1S/C19H30N2O3/c1-2-3-4-7-15-23-18-10-8-17(9-11-18)20-19(22)24-16-14-21-12-5-6-13-21/h8-11H,2-7,12-16H2,1H3,(H,20,22). The van der Waals surface area contributed by atoms with Gasteiger partial charge in [-0.2, -0.15) is 0 Å². The van der Waals surface area contributed by atoms with Crippen LogP contribution in [0.25, 0.3) is 0 Å². The number of benzene rings is 1. The maximum absolute atomic E-state index is 11.8. The van der Waals surface area contributed by atoms with Crippen LogP contribution >= 0.6 is 0 Å². The zero-order valence-electron chi connectivity index (χ0n) is 14.8. The first-order chi connectivity index (χ1) is 11.8. The quantitative estimate of drug-likeness (QED) is 0.649. The van der Waals surface area contributed by atoms with E-state index in [2.05, 4.69) is 17.1 Å². The van der Waals surface area contributed by atoms with Crippen molar-refractivity contribution in [3.63, 3.8) is 0 Å². The van der Waals surface area contributed by atoms with Gasteiger partial charge in [0.15, 0.2) is 0 Å². The highest BCUT2D eigenvalue weighted by Gasteiger charge is 2.11. The highest BCUT2D eigenvalue weighted by Crippen LogP contribution is 2.16. The summed E-state index contributed by atoms with van der Waals surface area (Å²) in [7, 11) is 0. The summed E-state index contributed by atoms with van der Waals surface area (Å²) in [4.78, 5) is 14.1. The number of anilines is 1. The largest absolute Gasteiger partial charge is 0.494 e. The van der Waals surface area contributed by atoms with Crippen molar-refractivity contribution in [2.45, 2.75) is 45.4 Å². The minimum Gasteiger partial charge on any atom is -0.494 e. The van der Waals surface area contributed by atoms with Crippen molar-refractivity contribution in [2.75, 3.05) is 38.2 Å². The van der Waals surface area contributed by atoms with E-state index < -0.39 is 6.09 Å². The van der Waals surface area contributed by atoms with E-state index in [9.17, 15) is 4.79 Å². The Balaban J connectivity index is 1.60. The molecule has 1 fully saturated rings. The number of nitrogens with zero attached hydrogens (tertiary/aromatic N) is 1. The third-order valence-corrected chi connectivity index (χ3v) is 4.21. The second-order valence-electron chi connectivity index (χ2n) is 6.24. The van der Waals surface area contributed by atoms with Crippen LogP contribution < -0.4 is 10.1 Å². The second-order valence-corrected chi connectivity index (χ2v) is 6.24. The number of hydrogen-bond donors (Lipinski definition) is 1. The molecule has 1 heterocycles. The van der Waals surface area contributed by atoms with Crippen molar-refractivity contribution in [2.24, 2.45) is 0 Å². The van der Waals surface area contributed by atoms with Gasteiger partial charge < -0.3 is 9.47 Å². The van der Waals surface area contributed by atoms with Gasteiger partial charge in [0, 0.05) is 12.2 Å². The molecule has 0 unspecified atom stereocenters. The third kappa shape index (κ3) is 7.21. The number of likely N-dealkylation sites (tertiary alicyclic amines) is 1. The van der Waals surface area contributed by atoms with Gasteiger partial charge in [0.25, 0.3) is 0 Å². The Kier molecular flexibility index (Phi) is 8.46. The molecule has 0 radical (unpaired) electrons. The fourth-order valence-electron chi connectivity index (χ4n) is 2.78. The molecule has 1 saturated heterocycles. The topological polar surface area (TPSA) is 50.8 Å². The van der Waals surface area contributed by atoms with E-state index in [1.54, 1.807) is 0 Å². The average Bonchev–Trinajstić information content (AvgIpc) is 3.09. The summed E-state index contributed by atoms with van der Waals surface area (Å²) < 4.78 is 10.9. The lowest BCUT2D eigenvalue weighted by molar-refractivity contribution is 0.146. The molecule has 0 saturated carbocycles. The predicted molar refractivity (Wildman–Crippen MR) is 96.7 cm³/mol. The minimum absolute atomic E-state index is 0.401. The van der Waals surface area contributed by atoms with Crippen LogP contribution in [0.5, 0.6) is 5.75 Å². The molecule has 0 spiro atoms. The SMILES string of the molecule is CCCCCCOc1ccc(NC(=O)OCCN2CCCC2)cc1. The van der Waals surface area contributed by atoms with Gasteiger partial charge in [0.1, 0.15) is 12.4 Å². The number of rotatable bonds is 10. The molecule has 1 aromatic rings. The zero-order valence-corrected chi connectivity index (χ0v) is 14.8. The van der Waals surface area contributed by atoms with E-state index >= 15 is 0 Å². The third-order valence-electron chi connectivity index (χ3n) is 4.21. The van der Waals surface area contributed by atoms with E-state index in [0.29, 0.717) is 6.61 Å². The molecule has 134 valence electrons. The summed E-state index contributed by atoms with van der Waals surface area (Å²) in [5, 5.41) is 2.74. The van der Waals surface area contributed by atoms with Crippen molar-refractivity contribution in [3.05, 3.63) is 24.3 Å². The highest BCUT2D eigenvalue weighted by molar-refractivity contribution is 5.84. The van der Waals surface area contributed by atoms with E-state index in [4.69, 9.17) is 9.47 Å². The maximum atomic E-state index is 11.8. The molecule has 0 bridgehead atoms. The van der Waals surface area contributed by atoms with Crippen LogP contribution in [0.1, 0.15) is 45.4 Å². The van der Waals surface area contributed by atoms with Crippen LogP contribution in [0.2, 0.25) is 0 Å².